The lowest BCUT2D eigenvalue weighted by Gasteiger charge is -2.14. The number of esters is 1. The van der Waals surface area contributed by atoms with Crippen LogP contribution in [-0.4, -0.2) is 36.1 Å². The zero-order valence-corrected chi connectivity index (χ0v) is 12.7. The topological polar surface area (TPSA) is 92.7 Å². The number of benzene rings is 1. The van der Waals surface area contributed by atoms with E-state index in [2.05, 4.69) is 26.0 Å². The van der Waals surface area contributed by atoms with Crippen LogP contribution in [0.4, 0.5) is 0 Å². The Morgan fingerprint density at radius 1 is 1.45 bits per heavy atom. The fourth-order valence-corrected chi connectivity index (χ4v) is 2.12. The van der Waals surface area contributed by atoms with E-state index in [1.54, 1.807) is 6.07 Å². The molecule has 20 heavy (non-hydrogen) atoms. The number of aliphatic carboxylic acids is 1. The number of hydrogen-bond donors (Lipinski definition) is 2. The molecular weight excluding hydrogens is 353 g/mol. The minimum atomic E-state index is -1.38. The zero-order chi connectivity index (χ0) is 15.3. The first kappa shape index (κ1) is 16.5. The summed E-state index contributed by atoms with van der Waals surface area (Å²) in [5.74, 6) is -2.75. The van der Waals surface area contributed by atoms with Crippen LogP contribution in [0.15, 0.2) is 22.7 Å². The van der Waals surface area contributed by atoms with Crippen molar-refractivity contribution >= 4 is 45.4 Å². The number of carbonyl (C=O) groups excluding carboxylic acids is 2. The fourth-order valence-electron chi connectivity index (χ4n) is 1.36. The number of carbonyl (C=O) groups is 3. The van der Waals surface area contributed by atoms with Crippen molar-refractivity contribution in [1.82, 2.24) is 5.32 Å². The van der Waals surface area contributed by atoms with E-state index in [0.29, 0.717) is 4.47 Å². The Labute approximate surface area is 128 Å². The van der Waals surface area contributed by atoms with Gasteiger partial charge in [0.2, 0.25) is 0 Å². The van der Waals surface area contributed by atoms with Crippen LogP contribution in [0.25, 0.3) is 0 Å². The van der Waals surface area contributed by atoms with E-state index in [1.807, 2.05) is 0 Å². The van der Waals surface area contributed by atoms with E-state index < -0.39 is 30.3 Å². The summed E-state index contributed by atoms with van der Waals surface area (Å²) in [5, 5.41) is 11.3. The van der Waals surface area contributed by atoms with Gasteiger partial charge in [-0.3, -0.25) is 9.59 Å². The molecule has 0 unspecified atom stereocenters. The third kappa shape index (κ3) is 4.50. The first-order valence-corrected chi connectivity index (χ1v) is 6.57. The number of carboxylic acids is 1. The first-order chi connectivity index (χ1) is 9.35. The molecule has 1 atom stereocenters. The molecule has 108 valence electrons. The molecule has 1 rings (SSSR count). The summed E-state index contributed by atoms with van der Waals surface area (Å²) < 4.78 is 5.06. The molecule has 1 aromatic carbocycles. The molecule has 8 heteroatoms. The molecule has 0 saturated carbocycles. The highest BCUT2D eigenvalue weighted by Crippen LogP contribution is 2.21. The van der Waals surface area contributed by atoms with Gasteiger partial charge in [0.15, 0.2) is 0 Å². The van der Waals surface area contributed by atoms with Gasteiger partial charge in [-0.2, -0.15) is 0 Å². The van der Waals surface area contributed by atoms with Gasteiger partial charge in [-0.05, 0) is 18.2 Å². The predicted molar refractivity (Wildman–Crippen MR) is 74.7 cm³/mol. The molecule has 0 aromatic heterocycles. The van der Waals surface area contributed by atoms with Gasteiger partial charge in [-0.25, -0.2) is 4.79 Å². The largest absolute Gasteiger partial charge is 0.480 e. The maximum Gasteiger partial charge on any atom is 0.326 e. The molecule has 1 amide bonds. The van der Waals surface area contributed by atoms with Crippen molar-refractivity contribution in [2.45, 2.75) is 12.5 Å². The summed E-state index contributed by atoms with van der Waals surface area (Å²) in [5.41, 5.74) is 0.117. The number of hydrogen-bond acceptors (Lipinski definition) is 4. The number of rotatable bonds is 5. The second-order valence-electron chi connectivity index (χ2n) is 3.77. The van der Waals surface area contributed by atoms with E-state index >= 15 is 0 Å². The number of ether oxygens (including phenoxy) is 1. The summed E-state index contributed by atoms with van der Waals surface area (Å²) in [4.78, 5) is 34.0. The lowest BCUT2D eigenvalue weighted by Crippen LogP contribution is -2.42. The van der Waals surface area contributed by atoms with Crippen LogP contribution < -0.4 is 5.32 Å². The highest BCUT2D eigenvalue weighted by Gasteiger charge is 2.25. The molecule has 0 aliphatic rings. The van der Waals surface area contributed by atoms with Crippen molar-refractivity contribution in [3.8, 4) is 0 Å². The second kappa shape index (κ2) is 7.25. The summed E-state index contributed by atoms with van der Waals surface area (Å²) in [6.45, 7) is 0. The number of halogens is 2. The average Bonchev–Trinajstić information content (AvgIpc) is 2.37. The van der Waals surface area contributed by atoms with Crippen molar-refractivity contribution in [2.24, 2.45) is 0 Å². The smallest absolute Gasteiger partial charge is 0.326 e. The molecule has 0 heterocycles. The van der Waals surface area contributed by atoms with Crippen molar-refractivity contribution < 1.29 is 24.2 Å². The molecule has 0 aliphatic heterocycles. The molecule has 0 radical (unpaired) electrons. The Balaban J connectivity index is 2.85. The van der Waals surface area contributed by atoms with Gasteiger partial charge in [0.1, 0.15) is 6.04 Å². The quantitative estimate of drug-likeness (QED) is 0.778. The van der Waals surface area contributed by atoms with Gasteiger partial charge >= 0.3 is 11.9 Å². The Hall–Kier alpha value is -1.60. The van der Waals surface area contributed by atoms with E-state index in [0.717, 1.165) is 7.11 Å². The number of amides is 1. The van der Waals surface area contributed by atoms with Crippen LogP contribution in [-0.2, 0) is 14.3 Å². The van der Waals surface area contributed by atoms with Crippen molar-refractivity contribution in [1.29, 1.82) is 0 Å². The van der Waals surface area contributed by atoms with Crippen LogP contribution in [0, 0.1) is 0 Å². The first-order valence-electron chi connectivity index (χ1n) is 5.40. The third-order valence-corrected chi connectivity index (χ3v) is 3.18. The van der Waals surface area contributed by atoms with Crippen LogP contribution in [0.1, 0.15) is 16.8 Å². The highest BCUT2D eigenvalue weighted by molar-refractivity contribution is 9.10. The minimum Gasteiger partial charge on any atom is -0.480 e. The van der Waals surface area contributed by atoms with Crippen LogP contribution >= 0.6 is 27.5 Å². The zero-order valence-electron chi connectivity index (χ0n) is 10.4. The lowest BCUT2D eigenvalue weighted by atomic mass is 10.1. The molecule has 6 nitrogen and oxygen atoms in total. The molecule has 0 fully saturated rings. The van der Waals surface area contributed by atoms with Gasteiger partial charge in [-0.15, -0.1) is 0 Å². The highest BCUT2D eigenvalue weighted by atomic mass is 79.9. The molecule has 0 spiro atoms. The molecule has 1 aromatic rings. The van der Waals surface area contributed by atoms with Gasteiger partial charge < -0.3 is 15.2 Å². The Morgan fingerprint density at radius 3 is 2.60 bits per heavy atom. The average molecular weight is 365 g/mol. The summed E-state index contributed by atoms with van der Waals surface area (Å²) in [6.07, 6.45) is -0.467. The Kier molecular flexibility index (Phi) is 5.97. The lowest BCUT2D eigenvalue weighted by molar-refractivity contribution is -0.147. The minimum absolute atomic E-state index is 0.117. The number of nitrogens with one attached hydrogen (secondary N) is 1. The van der Waals surface area contributed by atoms with Crippen LogP contribution in [0.2, 0.25) is 5.02 Å². The van der Waals surface area contributed by atoms with Crippen LogP contribution in [0.3, 0.4) is 0 Å². The van der Waals surface area contributed by atoms with E-state index in [9.17, 15) is 14.4 Å². The molecular formula is C12H11BrClNO5. The molecule has 0 saturated heterocycles. The summed E-state index contributed by atoms with van der Waals surface area (Å²) in [7, 11) is 1.13. The normalized spacial score (nSPS) is 11.6. The van der Waals surface area contributed by atoms with Gasteiger partial charge in [0.05, 0.1) is 24.1 Å². The van der Waals surface area contributed by atoms with Gasteiger partial charge in [-0.1, -0.05) is 27.5 Å². The second-order valence-corrected chi connectivity index (χ2v) is 5.09. The summed E-state index contributed by atoms with van der Waals surface area (Å²) >= 11 is 9.08. The molecule has 2 N–H and O–H groups in total. The van der Waals surface area contributed by atoms with Crippen molar-refractivity contribution in [3.05, 3.63) is 33.3 Å². The van der Waals surface area contributed by atoms with E-state index in [1.165, 1.54) is 12.1 Å². The van der Waals surface area contributed by atoms with Crippen molar-refractivity contribution in [3.63, 3.8) is 0 Å². The Bertz CT molecular complexity index is 549. The van der Waals surface area contributed by atoms with E-state index in [-0.39, 0.29) is 10.6 Å². The molecule has 0 bridgehead atoms. The van der Waals surface area contributed by atoms with Gasteiger partial charge in [0, 0.05) is 4.47 Å². The van der Waals surface area contributed by atoms with Crippen molar-refractivity contribution in [2.75, 3.05) is 7.11 Å². The Morgan fingerprint density at radius 2 is 2.10 bits per heavy atom. The predicted octanol–water partition coefficient (Wildman–Crippen LogP) is 1.85. The van der Waals surface area contributed by atoms with Gasteiger partial charge in [0.25, 0.3) is 5.91 Å². The number of methoxy groups -OCH3 is 1. The monoisotopic (exact) mass is 363 g/mol. The van der Waals surface area contributed by atoms with E-state index in [4.69, 9.17) is 16.7 Å². The SMILES string of the molecule is COC(=O)C[C@H](NC(=O)c1ccc(Br)cc1Cl)C(=O)O. The summed E-state index contributed by atoms with van der Waals surface area (Å²) in [6, 6.07) is 3.16. The fraction of sp³-hybridized carbons (Fsp3) is 0.250. The maximum atomic E-state index is 11.9. The standard InChI is InChI=1S/C12H11BrClNO5/c1-20-10(16)5-9(12(18)19)15-11(17)7-3-2-6(13)4-8(7)14/h2-4,9H,5H2,1H3,(H,15,17)(H,18,19)/t9-/m0/s1. The molecule has 0 aliphatic carbocycles. The number of carboxylic acid groups (broad SMARTS) is 1. The third-order valence-electron chi connectivity index (χ3n) is 2.38. The maximum absolute atomic E-state index is 11.9. The van der Waals surface area contributed by atoms with Crippen LogP contribution in [0.5, 0.6) is 0 Å².